The Hall–Kier alpha value is -0.320. The van der Waals surface area contributed by atoms with Gasteiger partial charge in [0.25, 0.3) is 0 Å². The van der Waals surface area contributed by atoms with E-state index in [2.05, 4.69) is 20.7 Å². The van der Waals surface area contributed by atoms with Gasteiger partial charge >= 0.3 is 0 Å². The Labute approximate surface area is 88.7 Å². The van der Waals surface area contributed by atoms with Crippen LogP contribution in [0, 0.1) is 5.82 Å². The van der Waals surface area contributed by atoms with Crippen LogP contribution in [0.15, 0.2) is 16.6 Å². The van der Waals surface area contributed by atoms with E-state index in [-0.39, 0.29) is 11.8 Å². The minimum atomic E-state index is -0.518. The molecule has 1 aromatic carbocycles. The second kappa shape index (κ2) is 4.79. The third-order valence-corrected chi connectivity index (χ3v) is 2.22. The van der Waals surface area contributed by atoms with E-state index < -0.39 is 5.82 Å². The molecule has 0 fully saturated rings. The summed E-state index contributed by atoms with van der Waals surface area (Å²) >= 11 is 8.71. The SMILES string of the molecule is COCOc1cc(F)c(Cl)cc1Br. The Morgan fingerprint density at radius 2 is 2.23 bits per heavy atom. The zero-order chi connectivity index (χ0) is 9.84. The van der Waals surface area contributed by atoms with Gasteiger partial charge in [-0.05, 0) is 22.0 Å². The van der Waals surface area contributed by atoms with E-state index >= 15 is 0 Å². The van der Waals surface area contributed by atoms with Crippen molar-refractivity contribution in [2.75, 3.05) is 13.9 Å². The third kappa shape index (κ3) is 2.83. The van der Waals surface area contributed by atoms with Gasteiger partial charge in [0, 0.05) is 13.2 Å². The highest BCUT2D eigenvalue weighted by molar-refractivity contribution is 9.10. The number of halogens is 3. The Morgan fingerprint density at radius 3 is 2.85 bits per heavy atom. The lowest BCUT2D eigenvalue weighted by Gasteiger charge is -2.07. The molecule has 0 heterocycles. The molecule has 13 heavy (non-hydrogen) atoms. The summed E-state index contributed by atoms with van der Waals surface area (Å²) in [6.07, 6.45) is 0. The molecule has 2 nitrogen and oxygen atoms in total. The Bertz CT molecular complexity index is 306. The van der Waals surface area contributed by atoms with Gasteiger partial charge in [0.2, 0.25) is 0 Å². The van der Waals surface area contributed by atoms with Crippen LogP contribution in [0.25, 0.3) is 0 Å². The Balaban J connectivity index is 2.88. The summed E-state index contributed by atoms with van der Waals surface area (Å²) < 4.78 is 23.2. The van der Waals surface area contributed by atoms with Crippen LogP contribution in [0.5, 0.6) is 5.75 Å². The predicted octanol–water partition coefficient (Wildman–Crippen LogP) is 3.22. The van der Waals surface area contributed by atoms with Crippen molar-refractivity contribution in [2.24, 2.45) is 0 Å². The maximum Gasteiger partial charge on any atom is 0.188 e. The molecule has 0 saturated heterocycles. The summed E-state index contributed by atoms with van der Waals surface area (Å²) in [6.45, 7) is 0.0691. The number of methoxy groups -OCH3 is 1. The first-order chi connectivity index (χ1) is 6.15. The summed E-state index contributed by atoms with van der Waals surface area (Å²) in [5, 5.41) is 0.0524. The molecule has 1 rings (SSSR count). The van der Waals surface area contributed by atoms with Gasteiger partial charge in [-0.3, -0.25) is 0 Å². The van der Waals surface area contributed by atoms with Crippen LogP contribution in [0.1, 0.15) is 0 Å². The first-order valence-electron chi connectivity index (χ1n) is 3.41. The summed E-state index contributed by atoms with van der Waals surface area (Å²) in [6, 6.07) is 2.63. The average molecular weight is 269 g/mol. The summed E-state index contributed by atoms with van der Waals surface area (Å²) in [4.78, 5) is 0. The van der Waals surface area contributed by atoms with Crippen LogP contribution in [0.3, 0.4) is 0 Å². The molecule has 0 saturated carbocycles. The van der Waals surface area contributed by atoms with Gasteiger partial charge in [0.1, 0.15) is 11.6 Å². The lowest BCUT2D eigenvalue weighted by Crippen LogP contribution is -1.99. The predicted molar refractivity (Wildman–Crippen MR) is 51.6 cm³/mol. The average Bonchev–Trinajstić information content (AvgIpc) is 2.09. The Morgan fingerprint density at radius 1 is 1.54 bits per heavy atom. The van der Waals surface area contributed by atoms with Crippen molar-refractivity contribution in [3.8, 4) is 5.75 Å². The molecule has 0 atom stereocenters. The van der Waals surface area contributed by atoms with E-state index in [0.717, 1.165) is 0 Å². The highest BCUT2D eigenvalue weighted by Crippen LogP contribution is 2.30. The zero-order valence-corrected chi connectivity index (χ0v) is 9.15. The fourth-order valence-corrected chi connectivity index (χ4v) is 1.49. The fraction of sp³-hybridized carbons (Fsp3) is 0.250. The highest BCUT2D eigenvalue weighted by Gasteiger charge is 2.07. The van der Waals surface area contributed by atoms with Gasteiger partial charge in [-0.15, -0.1) is 0 Å². The molecule has 0 radical (unpaired) electrons. The molecule has 0 aliphatic heterocycles. The lowest BCUT2D eigenvalue weighted by molar-refractivity contribution is 0.0504. The third-order valence-electron chi connectivity index (χ3n) is 1.31. The molecule has 0 spiro atoms. The molecule has 0 bridgehead atoms. The molecule has 0 amide bonds. The standard InChI is InChI=1S/C8H7BrClFO2/c1-12-4-13-8-3-7(11)6(10)2-5(8)9/h2-3H,4H2,1H3. The van der Waals surface area contributed by atoms with Gasteiger partial charge < -0.3 is 9.47 Å². The van der Waals surface area contributed by atoms with E-state index in [9.17, 15) is 4.39 Å². The normalized spacial score (nSPS) is 10.2. The number of rotatable bonds is 3. The van der Waals surface area contributed by atoms with Crippen molar-refractivity contribution in [2.45, 2.75) is 0 Å². The van der Waals surface area contributed by atoms with Crippen molar-refractivity contribution in [3.63, 3.8) is 0 Å². The molecule has 0 aliphatic rings. The van der Waals surface area contributed by atoms with E-state index in [0.29, 0.717) is 10.2 Å². The lowest BCUT2D eigenvalue weighted by atomic mass is 10.3. The molecule has 0 aliphatic carbocycles. The number of ether oxygens (including phenoxy) is 2. The first kappa shape index (κ1) is 10.8. The van der Waals surface area contributed by atoms with Crippen molar-refractivity contribution in [3.05, 3.63) is 27.4 Å². The topological polar surface area (TPSA) is 18.5 Å². The molecular formula is C8H7BrClFO2. The quantitative estimate of drug-likeness (QED) is 0.619. The summed E-state index contributed by atoms with van der Waals surface area (Å²) in [7, 11) is 1.49. The van der Waals surface area contributed by atoms with Gasteiger partial charge in [-0.1, -0.05) is 11.6 Å². The van der Waals surface area contributed by atoms with Gasteiger partial charge in [0.15, 0.2) is 6.79 Å². The van der Waals surface area contributed by atoms with Crippen LogP contribution < -0.4 is 4.74 Å². The molecule has 0 N–H and O–H groups in total. The van der Waals surface area contributed by atoms with Crippen LogP contribution in [-0.4, -0.2) is 13.9 Å². The van der Waals surface area contributed by atoms with Crippen molar-refractivity contribution >= 4 is 27.5 Å². The minimum Gasteiger partial charge on any atom is -0.466 e. The van der Waals surface area contributed by atoms with Gasteiger partial charge in [0.05, 0.1) is 9.50 Å². The fourth-order valence-electron chi connectivity index (χ4n) is 0.737. The number of benzene rings is 1. The van der Waals surface area contributed by atoms with Crippen LogP contribution >= 0.6 is 27.5 Å². The first-order valence-corrected chi connectivity index (χ1v) is 4.58. The smallest absolute Gasteiger partial charge is 0.188 e. The second-order valence-corrected chi connectivity index (χ2v) is 3.51. The van der Waals surface area contributed by atoms with E-state index in [1.165, 1.54) is 19.2 Å². The largest absolute Gasteiger partial charge is 0.466 e. The molecule has 72 valence electrons. The van der Waals surface area contributed by atoms with Gasteiger partial charge in [-0.25, -0.2) is 4.39 Å². The minimum absolute atomic E-state index is 0.0524. The molecular weight excluding hydrogens is 262 g/mol. The second-order valence-electron chi connectivity index (χ2n) is 2.25. The molecule has 5 heteroatoms. The zero-order valence-electron chi connectivity index (χ0n) is 6.81. The molecule has 0 aromatic heterocycles. The van der Waals surface area contributed by atoms with Crippen molar-refractivity contribution in [1.82, 2.24) is 0 Å². The molecule has 1 aromatic rings. The number of hydrogen-bond acceptors (Lipinski definition) is 2. The van der Waals surface area contributed by atoms with E-state index in [4.69, 9.17) is 16.3 Å². The summed E-state index contributed by atoms with van der Waals surface area (Å²) in [5.41, 5.74) is 0. The van der Waals surface area contributed by atoms with E-state index in [1.54, 1.807) is 0 Å². The monoisotopic (exact) mass is 268 g/mol. The van der Waals surface area contributed by atoms with Gasteiger partial charge in [-0.2, -0.15) is 0 Å². The van der Waals surface area contributed by atoms with Crippen molar-refractivity contribution < 1.29 is 13.9 Å². The highest BCUT2D eigenvalue weighted by atomic mass is 79.9. The Kier molecular flexibility index (Phi) is 3.96. The molecule has 0 unspecified atom stereocenters. The van der Waals surface area contributed by atoms with E-state index in [1.807, 2.05) is 0 Å². The number of hydrogen-bond donors (Lipinski definition) is 0. The van der Waals surface area contributed by atoms with Crippen LogP contribution in [-0.2, 0) is 4.74 Å². The summed E-state index contributed by atoms with van der Waals surface area (Å²) in [5.74, 6) is -0.153. The van der Waals surface area contributed by atoms with Crippen LogP contribution in [0.2, 0.25) is 5.02 Å². The van der Waals surface area contributed by atoms with Crippen molar-refractivity contribution in [1.29, 1.82) is 0 Å². The maximum absolute atomic E-state index is 12.9. The maximum atomic E-state index is 12.9. The van der Waals surface area contributed by atoms with Crippen LogP contribution in [0.4, 0.5) is 4.39 Å².